The highest BCUT2D eigenvalue weighted by molar-refractivity contribution is 5.70. The van der Waals surface area contributed by atoms with Crippen LogP contribution < -0.4 is 0 Å². The van der Waals surface area contributed by atoms with Gasteiger partial charge in [-0.15, -0.1) is 10.2 Å². The maximum absolute atomic E-state index is 4.13. The summed E-state index contributed by atoms with van der Waals surface area (Å²) in [5.41, 5.74) is 3.48. The SMILES string of the molecule is Cn1cnnc1-c1cccc(-c2ccccc2)c1. The van der Waals surface area contributed by atoms with E-state index in [2.05, 4.69) is 40.5 Å². The van der Waals surface area contributed by atoms with Gasteiger partial charge in [-0.3, -0.25) is 0 Å². The highest BCUT2D eigenvalue weighted by Gasteiger charge is 2.05. The van der Waals surface area contributed by atoms with Crippen LogP contribution in [0.4, 0.5) is 0 Å². The summed E-state index contributed by atoms with van der Waals surface area (Å²) in [7, 11) is 1.95. The molecule has 3 nitrogen and oxygen atoms in total. The zero-order valence-electron chi connectivity index (χ0n) is 10.1. The molecule has 0 radical (unpaired) electrons. The van der Waals surface area contributed by atoms with Crippen molar-refractivity contribution < 1.29 is 0 Å². The van der Waals surface area contributed by atoms with Crippen molar-refractivity contribution in [2.75, 3.05) is 0 Å². The van der Waals surface area contributed by atoms with Crippen molar-refractivity contribution in [2.45, 2.75) is 0 Å². The monoisotopic (exact) mass is 235 g/mol. The fraction of sp³-hybridized carbons (Fsp3) is 0.0667. The second kappa shape index (κ2) is 4.45. The van der Waals surface area contributed by atoms with Gasteiger partial charge in [0.05, 0.1) is 0 Å². The minimum Gasteiger partial charge on any atom is -0.317 e. The Morgan fingerprint density at radius 1 is 0.833 bits per heavy atom. The fourth-order valence-electron chi connectivity index (χ4n) is 2.01. The lowest BCUT2D eigenvalue weighted by molar-refractivity contribution is 0.920. The second-order valence-electron chi connectivity index (χ2n) is 4.21. The average Bonchev–Trinajstić information content (AvgIpc) is 2.86. The number of aryl methyl sites for hydroxylation is 1. The van der Waals surface area contributed by atoms with E-state index in [-0.39, 0.29) is 0 Å². The molecule has 3 heteroatoms. The average molecular weight is 235 g/mol. The summed E-state index contributed by atoms with van der Waals surface area (Å²) in [6.07, 6.45) is 1.71. The number of hydrogen-bond acceptors (Lipinski definition) is 2. The molecular weight excluding hydrogens is 222 g/mol. The first kappa shape index (κ1) is 10.7. The highest BCUT2D eigenvalue weighted by Crippen LogP contribution is 2.24. The molecule has 18 heavy (non-hydrogen) atoms. The van der Waals surface area contributed by atoms with Crippen molar-refractivity contribution >= 4 is 0 Å². The van der Waals surface area contributed by atoms with E-state index in [4.69, 9.17) is 0 Å². The molecule has 0 fully saturated rings. The van der Waals surface area contributed by atoms with E-state index in [0.717, 1.165) is 11.4 Å². The van der Waals surface area contributed by atoms with E-state index in [1.165, 1.54) is 11.1 Å². The van der Waals surface area contributed by atoms with Crippen LogP contribution in [0.25, 0.3) is 22.5 Å². The summed E-state index contributed by atoms with van der Waals surface area (Å²) in [4.78, 5) is 0. The van der Waals surface area contributed by atoms with E-state index in [1.54, 1.807) is 6.33 Å². The minimum atomic E-state index is 0.882. The molecule has 0 bridgehead atoms. The molecule has 3 aromatic rings. The van der Waals surface area contributed by atoms with Crippen molar-refractivity contribution in [3.8, 4) is 22.5 Å². The molecule has 88 valence electrons. The standard InChI is InChI=1S/C15H13N3/c1-18-11-16-17-15(18)14-9-5-8-13(10-14)12-6-3-2-4-7-12/h2-11H,1H3. The van der Waals surface area contributed by atoms with Gasteiger partial charge in [0.1, 0.15) is 6.33 Å². The number of hydrogen-bond donors (Lipinski definition) is 0. The lowest BCUT2D eigenvalue weighted by Gasteiger charge is -2.05. The minimum absolute atomic E-state index is 0.882. The van der Waals surface area contributed by atoms with Gasteiger partial charge >= 0.3 is 0 Å². The molecule has 3 rings (SSSR count). The van der Waals surface area contributed by atoms with Gasteiger partial charge in [0, 0.05) is 12.6 Å². The molecule has 2 aromatic carbocycles. The summed E-state index contributed by atoms with van der Waals surface area (Å²) in [6, 6.07) is 18.7. The summed E-state index contributed by atoms with van der Waals surface area (Å²) in [5, 5.41) is 8.05. The third kappa shape index (κ3) is 1.91. The molecular formula is C15H13N3. The van der Waals surface area contributed by atoms with E-state index in [0.29, 0.717) is 0 Å². The predicted molar refractivity (Wildman–Crippen MR) is 71.9 cm³/mol. The van der Waals surface area contributed by atoms with Crippen molar-refractivity contribution in [3.05, 3.63) is 60.9 Å². The third-order valence-corrected chi connectivity index (χ3v) is 2.94. The number of nitrogens with zero attached hydrogens (tertiary/aromatic N) is 3. The maximum Gasteiger partial charge on any atom is 0.163 e. The zero-order valence-corrected chi connectivity index (χ0v) is 10.1. The third-order valence-electron chi connectivity index (χ3n) is 2.94. The first-order chi connectivity index (χ1) is 8.84. The molecule has 0 aliphatic heterocycles. The van der Waals surface area contributed by atoms with Crippen LogP contribution in [0.2, 0.25) is 0 Å². The Morgan fingerprint density at radius 2 is 1.56 bits per heavy atom. The van der Waals surface area contributed by atoms with Gasteiger partial charge in [0.15, 0.2) is 5.82 Å². The topological polar surface area (TPSA) is 30.7 Å². The van der Waals surface area contributed by atoms with Crippen LogP contribution in [0.1, 0.15) is 0 Å². The zero-order chi connectivity index (χ0) is 12.4. The largest absolute Gasteiger partial charge is 0.317 e. The van der Waals surface area contributed by atoms with Gasteiger partial charge in [0.2, 0.25) is 0 Å². The van der Waals surface area contributed by atoms with Crippen molar-refractivity contribution in [1.29, 1.82) is 0 Å². The summed E-state index contributed by atoms with van der Waals surface area (Å²) < 4.78 is 1.92. The van der Waals surface area contributed by atoms with E-state index in [9.17, 15) is 0 Å². The van der Waals surface area contributed by atoms with Crippen molar-refractivity contribution in [2.24, 2.45) is 7.05 Å². The van der Waals surface area contributed by atoms with Crippen LogP contribution in [0.3, 0.4) is 0 Å². The van der Waals surface area contributed by atoms with Crippen LogP contribution >= 0.6 is 0 Å². The van der Waals surface area contributed by atoms with Gasteiger partial charge in [0.25, 0.3) is 0 Å². The van der Waals surface area contributed by atoms with Gasteiger partial charge in [-0.1, -0.05) is 48.5 Å². The molecule has 0 atom stereocenters. The Kier molecular flexibility index (Phi) is 2.65. The van der Waals surface area contributed by atoms with Gasteiger partial charge in [-0.05, 0) is 17.2 Å². The summed E-state index contributed by atoms with van der Waals surface area (Å²) in [6.45, 7) is 0. The normalized spacial score (nSPS) is 10.5. The maximum atomic E-state index is 4.13. The Morgan fingerprint density at radius 3 is 2.28 bits per heavy atom. The van der Waals surface area contributed by atoms with Crippen LogP contribution in [-0.4, -0.2) is 14.8 Å². The van der Waals surface area contributed by atoms with Gasteiger partial charge in [-0.25, -0.2) is 0 Å². The van der Waals surface area contributed by atoms with Crippen LogP contribution in [0, 0.1) is 0 Å². The molecule has 0 saturated carbocycles. The highest BCUT2D eigenvalue weighted by atomic mass is 15.2. The quantitative estimate of drug-likeness (QED) is 0.683. The van der Waals surface area contributed by atoms with E-state index < -0.39 is 0 Å². The molecule has 0 aliphatic rings. The summed E-state index contributed by atoms with van der Waals surface area (Å²) in [5.74, 6) is 0.882. The molecule has 0 aliphatic carbocycles. The number of aromatic nitrogens is 3. The molecule has 0 saturated heterocycles. The first-order valence-corrected chi connectivity index (χ1v) is 5.84. The number of rotatable bonds is 2. The first-order valence-electron chi connectivity index (χ1n) is 5.84. The fourth-order valence-corrected chi connectivity index (χ4v) is 2.01. The lowest BCUT2D eigenvalue weighted by atomic mass is 10.0. The van der Waals surface area contributed by atoms with Gasteiger partial charge < -0.3 is 4.57 Å². The Balaban J connectivity index is 2.08. The molecule has 0 unspecified atom stereocenters. The predicted octanol–water partition coefficient (Wildman–Crippen LogP) is 3.15. The van der Waals surface area contributed by atoms with Gasteiger partial charge in [-0.2, -0.15) is 0 Å². The molecule has 0 amide bonds. The van der Waals surface area contributed by atoms with E-state index >= 15 is 0 Å². The molecule has 0 N–H and O–H groups in total. The van der Waals surface area contributed by atoms with Crippen molar-refractivity contribution in [1.82, 2.24) is 14.8 Å². The Labute approximate surface area is 106 Å². The van der Waals surface area contributed by atoms with Crippen LogP contribution in [0.5, 0.6) is 0 Å². The van der Waals surface area contributed by atoms with Crippen LogP contribution in [0.15, 0.2) is 60.9 Å². The lowest BCUT2D eigenvalue weighted by Crippen LogP contribution is -1.91. The van der Waals surface area contributed by atoms with E-state index in [1.807, 2.05) is 35.9 Å². The van der Waals surface area contributed by atoms with Crippen LogP contribution in [-0.2, 0) is 7.05 Å². The molecule has 1 aromatic heterocycles. The number of benzene rings is 2. The molecule has 0 spiro atoms. The Hall–Kier alpha value is -2.42. The molecule has 1 heterocycles. The summed E-state index contributed by atoms with van der Waals surface area (Å²) >= 11 is 0. The Bertz CT molecular complexity index is 656. The van der Waals surface area contributed by atoms with Crippen molar-refractivity contribution in [3.63, 3.8) is 0 Å². The smallest absolute Gasteiger partial charge is 0.163 e. The second-order valence-corrected chi connectivity index (χ2v) is 4.21.